The number of hydrogen-bond acceptors (Lipinski definition) is 1. The number of hydrogen-bond donors (Lipinski definition) is 1. The fourth-order valence-corrected chi connectivity index (χ4v) is 8.89. The van der Waals surface area contributed by atoms with Crippen molar-refractivity contribution >= 4 is 24.2 Å². The fourth-order valence-electron chi connectivity index (χ4n) is 3.90. The summed E-state index contributed by atoms with van der Waals surface area (Å²) in [6, 6.07) is 19.1. The predicted octanol–water partition coefficient (Wildman–Crippen LogP) is 6.53. The van der Waals surface area contributed by atoms with Gasteiger partial charge in [-0.05, 0) is 47.5 Å². The second kappa shape index (κ2) is 9.00. The van der Waals surface area contributed by atoms with E-state index in [4.69, 9.17) is 0 Å². The molecule has 0 unspecified atom stereocenters. The Morgan fingerprint density at radius 2 is 1.24 bits per heavy atom. The van der Waals surface area contributed by atoms with Crippen molar-refractivity contribution in [3.05, 3.63) is 65.7 Å². The van der Waals surface area contributed by atoms with Crippen LogP contribution in [0.4, 0.5) is 0 Å². The summed E-state index contributed by atoms with van der Waals surface area (Å²) >= 11 is 0. The molecule has 0 saturated heterocycles. The zero-order valence-corrected chi connectivity index (χ0v) is 21.2. The molecule has 0 aliphatic carbocycles. The minimum atomic E-state index is -1.17. The molecule has 0 aliphatic rings. The van der Waals surface area contributed by atoms with Crippen molar-refractivity contribution in [2.75, 3.05) is 0 Å². The smallest absolute Gasteiger partial charge is 0.0979 e. The molecule has 0 fully saturated rings. The molecule has 0 aromatic heterocycles. The van der Waals surface area contributed by atoms with Crippen molar-refractivity contribution < 1.29 is 4.21 Å². The topological polar surface area (TPSA) is 29.1 Å². The first kappa shape index (κ1) is 24.3. The van der Waals surface area contributed by atoms with Crippen LogP contribution < -0.4 is 10.0 Å². The largest absolute Gasteiger partial charge is 0.242 e. The number of nitrogens with one attached hydrogen (secondary N) is 1. The van der Waals surface area contributed by atoms with Gasteiger partial charge in [-0.1, -0.05) is 104 Å². The summed E-state index contributed by atoms with van der Waals surface area (Å²) in [4.78, 5) is 0. The SMILES string of the molecule is CC(C)(C)P(c1ccccc1[C@H](N[S@](=O)C(C)(C)C)c1ccccc1)C(C)(C)C. The Labute approximate surface area is 182 Å². The van der Waals surface area contributed by atoms with Crippen LogP contribution in [-0.4, -0.2) is 19.3 Å². The Morgan fingerprint density at radius 3 is 1.72 bits per heavy atom. The first-order chi connectivity index (χ1) is 13.2. The molecule has 2 nitrogen and oxygen atoms in total. The third-order valence-electron chi connectivity index (χ3n) is 4.74. The lowest BCUT2D eigenvalue weighted by Gasteiger charge is -2.43. The van der Waals surface area contributed by atoms with E-state index in [1.165, 1.54) is 10.9 Å². The van der Waals surface area contributed by atoms with Gasteiger partial charge in [-0.25, -0.2) is 8.93 Å². The Hall–Kier alpha value is -1.02. The van der Waals surface area contributed by atoms with Gasteiger partial charge in [-0.3, -0.25) is 0 Å². The molecule has 2 rings (SSSR count). The summed E-state index contributed by atoms with van der Waals surface area (Å²) in [5.74, 6) is 0. The summed E-state index contributed by atoms with van der Waals surface area (Å²) in [6.45, 7) is 20.1. The van der Waals surface area contributed by atoms with Gasteiger partial charge in [0.15, 0.2) is 0 Å². The Morgan fingerprint density at radius 1 is 0.759 bits per heavy atom. The molecule has 160 valence electrons. The van der Waals surface area contributed by atoms with Crippen LogP contribution in [0.5, 0.6) is 0 Å². The summed E-state index contributed by atoms with van der Waals surface area (Å²) in [5.41, 5.74) is 2.39. The third kappa shape index (κ3) is 6.23. The van der Waals surface area contributed by atoms with Gasteiger partial charge in [-0.2, -0.15) is 0 Å². The normalized spacial score (nSPS) is 15.4. The molecule has 0 bridgehead atoms. The molecule has 2 atom stereocenters. The maximum atomic E-state index is 13.1. The molecule has 2 aromatic rings. The second-order valence-electron chi connectivity index (χ2n) is 10.6. The summed E-state index contributed by atoms with van der Waals surface area (Å²) in [7, 11) is -1.65. The lowest BCUT2D eigenvalue weighted by Crippen LogP contribution is -2.39. The summed E-state index contributed by atoms with van der Waals surface area (Å²) < 4.78 is 16.2. The van der Waals surface area contributed by atoms with Crippen molar-refractivity contribution in [1.29, 1.82) is 0 Å². The highest BCUT2D eigenvalue weighted by Crippen LogP contribution is 2.59. The van der Waals surface area contributed by atoms with E-state index in [1.807, 2.05) is 26.8 Å². The molecule has 0 saturated carbocycles. The molecule has 29 heavy (non-hydrogen) atoms. The van der Waals surface area contributed by atoms with Gasteiger partial charge in [-0.15, -0.1) is 0 Å². The molecule has 0 spiro atoms. The molecule has 1 N–H and O–H groups in total. The van der Waals surface area contributed by atoms with Crippen LogP contribution in [0.3, 0.4) is 0 Å². The Bertz CT molecular complexity index is 814. The average molecular weight is 432 g/mol. The van der Waals surface area contributed by atoms with E-state index in [0.29, 0.717) is 0 Å². The van der Waals surface area contributed by atoms with Crippen LogP contribution in [0.1, 0.15) is 79.5 Å². The van der Waals surface area contributed by atoms with Gasteiger partial charge in [0.2, 0.25) is 0 Å². The van der Waals surface area contributed by atoms with Crippen LogP contribution in [0, 0.1) is 0 Å². The second-order valence-corrected chi connectivity index (χ2v) is 16.4. The van der Waals surface area contributed by atoms with Crippen LogP contribution in [-0.2, 0) is 11.0 Å². The van der Waals surface area contributed by atoms with Crippen LogP contribution in [0.2, 0.25) is 0 Å². The lowest BCUT2D eigenvalue weighted by atomic mass is 10.00. The van der Waals surface area contributed by atoms with Gasteiger partial charge >= 0.3 is 0 Å². The maximum absolute atomic E-state index is 13.1. The number of rotatable bonds is 5. The highest BCUT2D eigenvalue weighted by Gasteiger charge is 2.38. The van der Waals surface area contributed by atoms with Gasteiger partial charge < -0.3 is 0 Å². The minimum absolute atomic E-state index is 0.109. The first-order valence-corrected chi connectivity index (χ1v) is 12.8. The van der Waals surface area contributed by atoms with E-state index in [9.17, 15) is 4.21 Å². The van der Waals surface area contributed by atoms with Gasteiger partial charge in [0.25, 0.3) is 0 Å². The number of benzene rings is 2. The molecular formula is C25H38NOPS. The molecule has 0 heterocycles. The lowest BCUT2D eigenvalue weighted by molar-refractivity contribution is 0.624. The summed E-state index contributed by atoms with van der Waals surface area (Å²) in [6.07, 6.45) is 0. The molecular weight excluding hydrogens is 393 g/mol. The highest BCUT2D eigenvalue weighted by atomic mass is 32.2. The quantitative estimate of drug-likeness (QED) is 0.536. The van der Waals surface area contributed by atoms with E-state index < -0.39 is 18.9 Å². The van der Waals surface area contributed by atoms with Crippen molar-refractivity contribution in [1.82, 2.24) is 4.72 Å². The predicted molar refractivity (Wildman–Crippen MR) is 132 cm³/mol. The maximum Gasteiger partial charge on any atom is 0.0979 e. The fraction of sp³-hybridized carbons (Fsp3) is 0.520. The summed E-state index contributed by atoms with van der Waals surface area (Å²) in [5, 5.41) is 1.72. The highest BCUT2D eigenvalue weighted by molar-refractivity contribution is 7.84. The minimum Gasteiger partial charge on any atom is -0.242 e. The first-order valence-electron chi connectivity index (χ1n) is 10.3. The van der Waals surface area contributed by atoms with E-state index >= 15 is 0 Å². The molecule has 0 aliphatic heterocycles. The van der Waals surface area contributed by atoms with Crippen molar-refractivity contribution in [3.8, 4) is 0 Å². The van der Waals surface area contributed by atoms with E-state index in [2.05, 4.69) is 94.8 Å². The third-order valence-corrected chi connectivity index (χ3v) is 9.88. The van der Waals surface area contributed by atoms with E-state index in [0.717, 1.165) is 5.56 Å². The molecule has 4 heteroatoms. The van der Waals surface area contributed by atoms with Crippen LogP contribution in [0.25, 0.3) is 0 Å². The van der Waals surface area contributed by atoms with Crippen molar-refractivity contribution in [3.63, 3.8) is 0 Å². The standard InChI is InChI=1S/C25H38NOPS/c1-23(2,3)28(24(4,5)6)21-18-14-13-17-20(21)22(19-15-11-10-12-16-19)26-29(27)25(7,8)9/h10-18,22,26H,1-9H3/t22-,29-/m1/s1. The molecule has 0 radical (unpaired) electrons. The molecule has 0 amide bonds. The van der Waals surface area contributed by atoms with Crippen LogP contribution in [0.15, 0.2) is 54.6 Å². The van der Waals surface area contributed by atoms with Gasteiger partial charge in [0.05, 0.1) is 21.8 Å². The van der Waals surface area contributed by atoms with Gasteiger partial charge in [0.1, 0.15) is 0 Å². The zero-order chi connectivity index (χ0) is 22.0. The Balaban J connectivity index is 2.68. The van der Waals surface area contributed by atoms with Crippen molar-refractivity contribution in [2.45, 2.75) is 83.4 Å². The zero-order valence-electron chi connectivity index (χ0n) is 19.5. The van der Waals surface area contributed by atoms with E-state index in [-0.39, 0.29) is 21.1 Å². The van der Waals surface area contributed by atoms with E-state index in [1.54, 1.807) is 0 Å². The van der Waals surface area contributed by atoms with Crippen LogP contribution >= 0.6 is 7.92 Å². The monoisotopic (exact) mass is 431 g/mol. The van der Waals surface area contributed by atoms with Gasteiger partial charge in [0, 0.05) is 0 Å². The molecule has 2 aromatic carbocycles. The average Bonchev–Trinajstić information content (AvgIpc) is 2.57. The van der Waals surface area contributed by atoms with Crippen molar-refractivity contribution in [2.24, 2.45) is 0 Å². The Kier molecular flexibility index (Phi) is 7.53.